The van der Waals surface area contributed by atoms with Crippen LogP contribution in [0.5, 0.6) is 0 Å². The Balaban J connectivity index is 1.92. The van der Waals surface area contributed by atoms with Gasteiger partial charge in [-0.3, -0.25) is 0 Å². The summed E-state index contributed by atoms with van der Waals surface area (Å²) < 4.78 is 38.1. The maximum absolute atomic E-state index is 12.7. The summed E-state index contributed by atoms with van der Waals surface area (Å²) >= 11 is 1.65. The van der Waals surface area contributed by atoms with Crippen LogP contribution < -0.4 is 5.32 Å². The number of benzene rings is 1. The Labute approximate surface area is 143 Å². The first-order valence-corrected chi connectivity index (χ1v) is 8.92. The van der Waals surface area contributed by atoms with Gasteiger partial charge in [0.1, 0.15) is 0 Å². The monoisotopic (exact) mass is 362 g/mol. The third-order valence-electron chi connectivity index (χ3n) is 4.00. The van der Waals surface area contributed by atoms with Crippen LogP contribution in [0.25, 0.3) is 0 Å². The Kier molecular flexibility index (Phi) is 6.03. The fraction of sp³-hybridized carbons (Fsp3) is 0.562. The van der Waals surface area contributed by atoms with E-state index in [2.05, 4.69) is 5.32 Å². The van der Waals surface area contributed by atoms with E-state index >= 15 is 0 Å². The van der Waals surface area contributed by atoms with E-state index in [1.54, 1.807) is 11.8 Å². The van der Waals surface area contributed by atoms with Gasteiger partial charge in [-0.1, -0.05) is 13.0 Å². The summed E-state index contributed by atoms with van der Waals surface area (Å²) in [6, 6.07) is 4.11. The van der Waals surface area contributed by atoms with Crippen molar-refractivity contribution >= 4 is 23.5 Å². The average Bonchev–Trinajstić information content (AvgIpc) is 2.53. The van der Waals surface area contributed by atoms with E-state index in [1.165, 1.54) is 17.0 Å². The van der Waals surface area contributed by atoms with Gasteiger partial charge in [-0.2, -0.15) is 24.9 Å². The Morgan fingerprint density at radius 1 is 1.38 bits per heavy atom. The first kappa shape index (κ1) is 18.9. The summed E-state index contributed by atoms with van der Waals surface area (Å²) in [4.78, 5) is 13.7. The topological polar surface area (TPSA) is 52.6 Å². The molecule has 0 unspecified atom stereocenters. The number of carbonyl (C=O) groups excluding carboxylic acids is 1. The van der Waals surface area contributed by atoms with Crippen LogP contribution in [0.2, 0.25) is 0 Å². The lowest BCUT2D eigenvalue weighted by molar-refractivity contribution is -0.137. The van der Waals surface area contributed by atoms with E-state index in [4.69, 9.17) is 0 Å². The van der Waals surface area contributed by atoms with Gasteiger partial charge in [0.2, 0.25) is 0 Å². The third kappa shape index (κ3) is 5.04. The molecule has 134 valence electrons. The highest BCUT2D eigenvalue weighted by atomic mass is 32.2. The van der Waals surface area contributed by atoms with Gasteiger partial charge in [-0.15, -0.1) is 0 Å². The lowest BCUT2D eigenvalue weighted by atomic mass is 9.94. The molecule has 4 nitrogen and oxygen atoms in total. The predicted octanol–water partition coefficient (Wildman–Crippen LogP) is 3.82. The minimum absolute atomic E-state index is 0.109. The molecule has 0 spiro atoms. The highest BCUT2D eigenvalue weighted by molar-refractivity contribution is 7.99. The maximum Gasteiger partial charge on any atom is 0.416 e. The Morgan fingerprint density at radius 3 is 2.62 bits per heavy atom. The SMILES string of the molecule is CCSCC1(O)CCN(C(=O)Nc2cccc(C(F)(F)F)c2)CC1. The van der Waals surface area contributed by atoms with Gasteiger partial charge in [0, 0.05) is 24.5 Å². The van der Waals surface area contributed by atoms with Crippen LogP contribution in [-0.2, 0) is 6.18 Å². The molecule has 1 aliphatic heterocycles. The molecule has 2 amide bonds. The van der Waals surface area contributed by atoms with Gasteiger partial charge < -0.3 is 15.3 Å². The number of nitrogens with one attached hydrogen (secondary N) is 1. The van der Waals surface area contributed by atoms with Crippen molar-refractivity contribution in [2.24, 2.45) is 0 Å². The van der Waals surface area contributed by atoms with Gasteiger partial charge in [-0.25, -0.2) is 4.79 Å². The van der Waals surface area contributed by atoms with Crippen molar-refractivity contribution in [2.75, 3.05) is 29.9 Å². The van der Waals surface area contributed by atoms with Crippen LogP contribution in [0.4, 0.5) is 23.7 Å². The van der Waals surface area contributed by atoms with E-state index in [0.29, 0.717) is 31.7 Å². The van der Waals surface area contributed by atoms with Crippen LogP contribution in [0.3, 0.4) is 0 Å². The maximum atomic E-state index is 12.7. The molecule has 0 bridgehead atoms. The molecule has 1 aromatic carbocycles. The smallest absolute Gasteiger partial charge is 0.389 e. The molecule has 1 fully saturated rings. The molecule has 1 heterocycles. The standard InChI is InChI=1S/C16H21F3N2O2S/c1-2-24-11-15(23)6-8-21(9-7-15)14(22)20-13-5-3-4-12(10-13)16(17,18)19/h3-5,10,23H,2,6-9,11H2,1H3,(H,20,22). The van der Waals surface area contributed by atoms with Gasteiger partial charge in [0.15, 0.2) is 0 Å². The quantitative estimate of drug-likeness (QED) is 0.856. The molecule has 0 aliphatic carbocycles. The number of carbonyl (C=O) groups is 1. The van der Waals surface area contributed by atoms with Crippen molar-refractivity contribution in [2.45, 2.75) is 31.5 Å². The second-order valence-corrected chi connectivity index (χ2v) is 7.13. The number of piperidine rings is 1. The van der Waals surface area contributed by atoms with Crippen molar-refractivity contribution in [1.82, 2.24) is 4.90 Å². The first-order chi connectivity index (χ1) is 11.2. The Bertz CT molecular complexity index is 573. The van der Waals surface area contributed by atoms with E-state index in [9.17, 15) is 23.1 Å². The molecule has 0 radical (unpaired) electrons. The molecular formula is C16H21F3N2O2S. The number of rotatable bonds is 4. The third-order valence-corrected chi connectivity index (χ3v) is 5.15. The fourth-order valence-corrected chi connectivity index (χ4v) is 3.41. The lowest BCUT2D eigenvalue weighted by Gasteiger charge is -2.38. The number of halogens is 3. The Morgan fingerprint density at radius 2 is 2.04 bits per heavy atom. The molecule has 0 atom stereocenters. The molecule has 1 aliphatic rings. The largest absolute Gasteiger partial charge is 0.416 e. The number of aliphatic hydroxyl groups is 1. The zero-order chi connectivity index (χ0) is 17.8. The number of hydrogen-bond donors (Lipinski definition) is 2. The number of alkyl halides is 3. The number of urea groups is 1. The first-order valence-electron chi connectivity index (χ1n) is 7.77. The van der Waals surface area contributed by atoms with E-state index in [0.717, 1.165) is 17.9 Å². The summed E-state index contributed by atoms with van der Waals surface area (Å²) in [5, 5.41) is 12.9. The summed E-state index contributed by atoms with van der Waals surface area (Å²) in [7, 11) is 0. The molecule has 8 heteroatoms. The van der Waals surface area contributed by atoms with E-state index < -0.39 is 23.4 Å². The summed E-state index contributed by atoms with van der Waals surface area (Å²) in [6.45, 7) is 2.78. The van der Waals surface area contributed by atoms with Gasteiger partial charge in [0.05, 0.1) is 11.2 Å². The molecule has 24 heavy (non-hydrogen) atoms. The average molecular weight is 362 g/mol. The highest BCUT2D eigenvalue weighted by Gasteiger charge is 2.34. The normalized spacial score (nSPS) is 17.6. The minimum Gasteiger partial charge on any atom is -0.389 e. The molecule has 2 rings (SSSR count). The number of hydrogen-bond acceptors (Lipinski definition) is 3. The second kappa shape index (κ2) is 7.65. The second-order valence-electron chi connectivity index (χ2n) is 5.86. The van der Waals surface area contributed by atoms with Crippen molar-refractivity contribution < 1.29 is 23.1 Å². The van der Waals surface area contributed by atoms with Crippen molar-refractivity contribution in [3.8, 4) is 0 Å². The molecule has 1 saturated heterocycles. The van der Waals surface area contributed by atoms with Gasteiger partial charge in [-0.05, 0) is 36.8 Å². The fourth-order valence-electron chi connectivity index (χ4n) is 2.54. The lowest BCUT2D eigenvalue weighted by Crippen LogP contribution is -2.49. The van der Waals surface area contributed by atoms with Crippen LogP contribution >= 0.6 is 11.8 Å². The molecule has 0 aromatic heterocycles. The molecular weight excluding hydrogens is 341 g/mol. The zero-order valence-electron chi connectivity index (χ0n) is 13.4. The number of thioether (sulfide) groups is 1. The van der Waals surface area contributed by atoms with Crippen LogP contribution in [0.15, 0.2) is 24.3 Å². The molecule has 2 N–H and O–H groups in total. The summed E-state index contributed by atoms with van der Waals surface area (Å²) in [5.41, 5.74) is -1.46. The minimum atomic E-state index is -4.45. The predicted molar refractivity (Wildman–Crippen MR) is 89.2 cm³/mol. The summed E-state index contributed by atoms with van der Waals surface area (Å²) in [5.74, 6) is 1.55. The number of anilines is 1. The number of likely N-dealkylation sites (tertiary alicyclic amines) is 1. The zero-order valence-corrected chi connectivity index (χ0v) is 14.2. The molecule has 0 saturated carbocycles. The van der Waals surface area contributed by atoms with Crippen molar-refractivity contribution in [3.63, 3.8) is 0 Å². The van der Waals surface area contributed by atoms with Gasteiger partial charge >= 0.3 is 12.2 Å². The van der Waals surface area contributed by atoms with Crippen molar-refractivity contribution in [1.29, 1.82) is 0 Å². The van der Waals surface area contributed by atoms with E-state index in [-0.39, 0.29) is 5.69 Å². The number of amides is 2. The van der Waals surface area contributed by atoms with Crippen LogP contribution in [0.1, 0.15) is 25.3 Å². The highest BCUT2D eigenvalue weighted by Crippen LogP contribution is 2.31. The van der Waals surface area contributed by atoms with Crippen LogP contribution in [-0.4, -0.2) is 46.2 Å². The number of nitrogens with zero attached hydrogens (tertiary/aromatic N) is 1. The summed E-state index contributed by atoms with van der Waals surface area (Å²) in [6.07, 6.45) is -3.51. The van der Waals surface area contributed by atoms with E-state index in [1.807, 2.05) is 6.92 Å². The van der Waals surface area contributed by atoms with Crippen LogP contribution in [0, 0.1) is 0 Å². The Hall–Kier alpha value is -1.41. The molecule has 1 aromatic rings. The van der Waals surface area contributed by atoms with Crippen molar-refractivity contribution in [3.05, 3.63) is 29.8 Å². The van der Waals surface area contributed by atoms with Gasteiger partial charge in [0.25, 0.3) is 0 Å².